The van der Waals surface area contributed by atoms with Crippen molar-refractivity contribution >= 4 is 20.3 Å². The molecular formula is C50H94N2O5Si. The van der Waals surface area contributed by atoms with Gasteiger partial charge in [0.1, 0.15) is 13.2 Å². The van der Waals surface area contributed by atoms with Crippen LogP contribution in [0.1, 0.15) is 202 Å². The van der Waals surface area contributed by atoms with Gasteiger partial charge in [-0.25, -0.2) is 0 Å². The van der Waals surface area contributed by atoms with Crippen molar-refractivity contribution in [2.45, 2.75) is 226 Å². The van der Waals surface area contributed by atoms with Crippen molar-refractivity contribution < 1.29 is 23.5 Å². The molecule has 0 radical (unpaired) electrons. The molecule has 2 saturated carbocycles. The average molecular weight is 831 g/mol. The van der Waals surface area contributed by atoms with Crippen LogP contribution < -0.4 is 0 Å². The van der Waals surface area contributed by atoms with E-state index in [1.54, 1.807) is 0 Å². The molecule has 1 spiro atoms. The van der Waals surface area contributed by atoms with Gasteiger partial charge in [-0.2, -0.15) is 0 Å². The minimum atomic E-state index is -1.66. The van der Waals surface area contributed by atoms with Crippen molar-refractivity contribution in [3.05, 3.63) is 0 Å². The number of nitrogens with zero attached hydrogens (tertiary/aromatic N) is 2. The second-order valence-corrected chi connectivity index (χ2v) is 26.1. The number of carbonyl (C=O) groups is 2. The first kappa shape index (κ1) is 49.7. The van der Waals surface area contributed by atoms with Crippen molar-refractivity contribution in [2.24, 2.45) is 29.1 Å². The molecule has 4 aliphatic rings. The summed E-state index contributed by atoms with van der Waals surface area (Å²) >= 11 is 0. The molecule has 4 rings (SSSR count). The lowest BCUT2D eigenvalue weighted by molar-refractivity contribution is -0.159. The van der Waals surface area contributed by atoms with Gasteiger partial charge in [0, 0.05) is 6.61 Å². The number of hydrogen-bond acceptors (Lipinski definition) is 7. The lowest BCUT2D eigenvalue weighted by atomic mass is 9.71. The van der Waals surface area contributed by atoms with Crippen LogP contribution in [0.2, 0.25) is 18.1 Å². The Kier molecular flexibility index (Phi) is 22.1. The third-order valence-corrected chi connectivity index (χ3v) is 20.6. The number of carbonyl (C=O) groups excluding carboxylic acids is 2. The average Bonchev–Trinajstić information content (AvgIpc) is 3.15. The molecule has 0 bridgehead atoms. The Morgan fingerprint density at radius 2 is 1.09 bits per heavy atom. The van der Waals surface area contributed by atoms with E-state index in [4.69, 9.17) is 13.9 Å². The van der Waals surface area contributed by atoms with Crippen LogP contribution in [-0.2, 0) is 23.5 Å². The molecule has 0 aromatic rings. The maximum atomic E-state index is 13.8. The Balaban J connectivity index is 1.29. The number of ether oxygens (including phenoxy) is 2. The van der Waals surface area contributed by atoms with Gasteiger partial charge in [0.15, 0.2) is 8.32 Å². The third kappa shape index (κ3) is 16.4. The Morgan fingerprint density at radius 1 is 0.638 bits per heavy atom. The van der Waals surface area contributed by atoms with Gasteiger partial charge >= 0.3 is 11.9 Å². The second kappa shape index (κ2) is 25.8. The summed E-state index contributed by atoms with van der Waals surface area (Å²) in [6.45, 7) is 23.4. The molecule has 7 nitrogen and oxygen atoms in total. The number of likely N-dealkylation sites (tertiary alicyclic amines) is 2. The molecule has 0 N–H and O–H groups in total. The maximum Gasteiger partial charge on any atom is 0.309 e. The van der Waals surface area contributed by atoms with E-state index in [0.717, 1.165) is 77.5 Å². The minimum Gasteiger partial charge on any atom is -0.464 e. The zero-order valence-corrected chi connectivity index (χ0v) is 40.4. The first-order chi connectivity index (χ1) is 27.9. The molecule has 338 valence electrons. The second-order valence-electron chi connectivity index (χ2n) is 21.3. The van der Waals surface area contributed by atoms with Crippen LogP contribution >= 0.6 is 0 Å². The number of esters is 2. The Hall–Kier alpha value is -0.963. The zero-order valence-electron chi connectivity index (χ0n) is 39.4. The molecule has 2 aliphatic carbocycles. The fourth-order valence-electron chi connectivity index (χ4n) is 9.99. The van der Waals surface area contributed by atoms with Crippen molar-refractivity contribution in [2.75, 3.05) is 52.5 Å². The van der Waals surface area contributed by atoms with Gasteiger partial charge in [0.05, 0.1) is 17.9 Å². The molecule has 2 saturated heterocycles. The topological polar surface area (TPSA) is 68.3 Å². The number of rotatable bonds is 29. The van der Waals surface area contributed by atoms with E-state index in [2.05, 4.69) is 57.5 Å². The first-order valence-electron chi connectivity index (χ1n) is 25.3. The van der Waals surface area contributed by atoms with E-state index >= 15 is 0 Å². The number of unbranched alkanes of at least 4 members (excludes halogenated alkanes) is 11. The van der Waals surface area contributed by atoms with Gasteiger partial charge in [0.2, 0.25) is 0 Å². The van der Waals surface area contributed by atoms with Crippen LogP contribution in [-0.4, -0.2) is 88.6 Å². The van der Waals surface area contributed by atoms with Crippen molar-refractivity contribution in [3.63, 3.8) is 0 Å². The highest BCUT2D eigenvalue weighted by molar-refractivity contribution is 6.74. The van der Waals surface area contributed by atoms with E-state index < -0.39 is 8.32 Å². The van der Waals surface area contributed by atoms with Crippen LogP contribution in [0, 0.1) is 29.1 Å². The smallest absolute Gasteiger partial charge is 0.309 e. The van der Waals surface area contributed by atoms with Crippen LogP contribution in [0.3, 0.4) is 0 Å². The maximum absolute atomic E-state index is 13.8. The molecule has 0 aromatic heterocycles. The highest BCUT2D eigenvalue weighted by Crippen LogP contribution is 2.43. The Morgan fingerprint density at radius 3 is 1.52 bits per heavy atom. The van der Waals surface area contributed by atoms with Crippen molar-refractivity contribution in [1.29, 1.82) is 0 Å². The van der Waals surface area contributed by atoms with Gasteiger partial charge in [-0.1, -0.05) is 125 Å². The SMILES string of the molecule is CCCCCCCCC(C(=O)OCC(COC(=O)C(CCCCCCCC)C1CCC1)N1CCC2(CCN(CCCCO[Si](C)(C)C(C)(C)C)CC2)CC1)C1CCC1. The van der Waals surface area contributed by atoms with Gasteiger partial charge < -0.3 is 18.8 Å². The first-order valence-corrected chi connectivity index (χ1v) is 28.2. The van der Waals surface area contributed by atoms with E-state index in [1.165, 1.54) is 129 Å². The fourth-order valence-corrected chi connectivity index (χ4v) is 11.1. The van der Waals surface area contributed by atoms with Gasteiger partial charge in [-0.05, 0) is 145 Å². The molecule has 2 aliphatic heterocycles. The lowest BCUT2D eigenvalue weighted by Gasteiger charge is -2.48. The molecule has 2 unspecified atom stereocenters. The third-order valence-electron chi connectivity index (χ3n) is 16.0. The summed E-state index contributed by atoms with van der Waals surface area (Å²) in [6.07, 6.45) is 31.3. The molecule has 58 heavy (non-hydrogen) atoms. The Labute approximate surface area is 359 Å². The predicted octanol–water partition coefficient (Wildman–Crippen LogP) is 12.8. The quantitative estimate of drug-likeness (QED) is 0.0422. The fraction of sp³-hybridized carbons (Fsp3) is 0.960. The summed E-state index contributed by atoms with van der Waals surface area (Å²) in [5.74, 6) is 1.06. The minimum absolute atomic E-state index is 0.0115. The van der Waals surface area contributed by atoms with E-state index in [-0.39, 0.29) is 34.9 Å². The Bertz CT molecular complexity index is 1080. The highest BCUT2D eigenvalue weighted by Gasteiger charge is 2.41. The van der Waals surface area contributed by atoms with E-state index in [0.29, 0.717) is 30.5 Å². The molecular weight excluding hydrogens is 737 g/mol. The normalized spacial score (nSPS) is 21.3. The molecule has 4 fully saturated rings. The van der Waals surface area contributed by atoms with Crippen molar-refractivity contribution in [3.8, 4) is 0 Å². The van der Waals surface area contributed by atoms with Crippen LogP contribution in [0.5, 0.6) is 0 Å². The molecule has 2 atom stereocenters. The zero-order chi connectivity index (χ0) is 41.9. The summed E-state index contributed by atoms with van der Waals surface area (Å²) < 4.78 is 19.1. The standard InChI is InChI=1S/C50H94N2O5Si/c1-8-10-12-14-16-18-28-45(42-24-22-25-42)47(53)55-40-44(41-56-48(54)46(43-26-23-27-43)29-19-17-15-13-11-9-2)52-37-32-50(33-38-52)30-35-51(36-31-50)34-20-21-39-57-58(6,7)49(3,4)5/h42-46H,8-41H2,1-7H3. The highest BCUT2D eigenvalue weighted by atomic mass is 28.4. The summed E-state index contributed by atoms with van der Waals surface area (Å²) in [4.78, 5) is 32.9. The summed E-state index contributed by atoms with van der Waals surface area (Å²) in [5, 5.41) is 0.274. The monoisotopic (exact) mass is 831 g/mol. The number of hydrogen-bond donors (Lipinski definition) is 0. The van der Waals surface area contributed by atoms with Crippen LogP contribution in [0.15, 0.2) is 0 Å². The van der Waals surface area contributed by atoms with Gasteiger partial charge in [0.25, 0.3) is 0 Å². The molecule has 0 aromatic carbocycles. The predicted molar refractivity (Wildman–Crippen MR) is 245 cm³/mol. The van der Waals surface area contributed by atoms with Crippen molar-refractivity contribution in [1.82, 2.24) is 9.80 Å². The van der Waals surface area contributed by atoms with Crippen LogP contribution in [0.4, 0.5) is 0 Å². The lowest BCUT2D eigenvalue weighted by Crippen LogP contribution is -2.52. The van der Waals surface area contributed by atoms with E-state index in [9.17, 15) is 9.59 Å². The summed E-state index contributed by atoms with van der Waals surface area (Å²) in [6, 6.07) is -0.0638. The number of piperidine rings is 2. The van der Waals surface area contributed by atoms with Gasteiger partial charge in [-0.15, -0.1) is 0 Å². The summed E-state index contributed by atoms with van der Waals surface area (Å²) in [5.41, 5.74) is 0.412. The largest absolute Gasteiger partial charge is 0.464 e. The summed E-state index contributed by atoms with van der Waals surface area (Å²) in [7, 11) is -1.66. The molecule has 0 amide bonds. The molecule has 8 heteroatoms. The van der Waals surface area contributed by atoms with E-state index in [1.807, 2.05) is 0 Å². The van der Waals surface area contributed by atoms with Gasteiger partial charge in [-0.3, -0.25) is 14.5 Å². The molecule has 2 heterocycles. The van der Waals surface area contributed by atoms with Crippen LogP contribution in [0.25, 0.3) is 0 Å².